The van der Waals surface area contributed by atoms with Crippen LogP contribution in [0.5, 0.6) is 11.5 Å². The quantitative estimate of drug-likeness (QED) is 0.759. The van der Waals surface area contributed by atoms with E-state index in [1.807, 2.05) is 13.0 Å². The van der Waals surface area contributed by atoms with Crippen molar-refractivity contribution in [3.8, 4) is 11.5 Å². The van der Waals surface area contributed by atoms with Gasteiger partial charge in [-0.2, -0.15) is 0 Å². The number of amides is 1. The van der Waals surface area contributed by atoms with Crippen LogP contribution < -0.4 is 20.1 Å². The van der Waals surface area contributed by atoms with Crippen LogP contribution in [0.25, 0.3) is 0 Å². The van der Waals surface area contributed by atoms with Crippen LogP contribution in [0.1, 0.15) is 17.3 Å². The number of likely N-dealkylation sites (N-methyl/N-ethyl adjacent to an activating group) is 1. The summed E-state index contributed by atoms with van der Waals surface area (Å²) in [5.74, 6) is 1.06. The van der Waals surface area contributed by atoms with Crippen LogP contribution in [-0.4, -0.2) is 38.8 Å². The first-order valence-electron chi connectivity index (χ1n) is 6.20. The third kappa shape index (κ3) is 2.92. The third-order valence-electron chi connectivity index (χ3n) is 2.65. The summed E-state index contributed by atoms with van der Waals surface area (Å²) in [5, 5.41) is 5.99. The van der Waals surface area contributed by atoms with Gasteiger partial charge in [-0.3, -0.25) is 4.79 Å². The number of hydrogen-bond acceptors (Lipinski definition) is 4. The van der Waals surface area contributed by atoms with Gasteiger partial charge in [0.1, 0.15) is 13.2 Å². The molecule has 0 radical (unpaired) electrons. The van der Waals surface area contributed by atoms with Crippen molar-refractivity contribution in [1.29, 1.82) is 0 Å². The lowest BCUT2D eigenvalue weighted by Gasteiger charge is -2.20. The monoisotopic (exact) mass is 250 g/mol. The number of ether oxygens (including phenoxy) is 2. The summed E-state index contributed by atoms with van der Waals surface area (Å²) in [4.78, 5) is 12.0. The summed E-state index contributed by atoms with van der Waals surface area (Å²) in [7, 11) is 0. The number of carbonyl (C=O) groups excluding carboxylic acids is 1. The van der Waals surface area contributed by atoms with E-state index in [1.54, 1.807) is 12.1 Å². The minimum absolute atomic E-state index is 0.129. The molecule has 0 fully saturated rings. The van der Waals surface area contributed by atoms with E-state index in [4.69, 9.17) is 9.47 Å². The molecular weight excluding hydrogens is 232 g/mol. The van der Waals surface area contributed by atoms with Gasteiger partial charge < -0.3 is 20.1 Å². The maximum Gasteiger partial charge on any atom is 0.255 e. The van der Waals surface area contributed by atoms with Crippen LogP contribution in [0.4, 0.5) is 0 Å². The summed E-state index contributed by atoms with van der Waals surface area (Å²) in [6.45, 7) is 5.28. The second kappa shape index (κ2) is 6.26. The van der Waals surface area contributed by atoms with Crippen molar-refractivity contribution >= 4 is 5.91 Å². The highest BCUT2D eigenvalue weighted by atomic mass is 16.6. The highest BCUT2D eigenvalue weighted by Crippen LogP contribution is 2.33. The highest BCUT2D eigenvalue weighted by Gasteiger charge is 2.19. The Hall–Kier alpha value is -1.75. The van der Waals surface area contributed by atoms with Gasteiger partial charge >= 0.3 is 0 Å². The van der Waals surface area contributed by atoms with Crippen LogP contribution >= 0.6 is 0 Å². The number of nitrogens with one attached hydrogen (secondary N) is 2. The van der Waals surface area contributed by atoms with Crippen LogP contribution in [-0.2, 0) is 0 Å². The second-order valence-electron chi connectivity index (χ2n) is 3.94. The Bertz CT molecular complexity index is 421. The van der Waals surface area contributed by atoms with Crippen molar-refractivity contribution < 1.29 is 14.3 Å². The smallest absolute Gasteiger partial charge is 0.255 e. The molecule has 1 amide bonds. The molecule has 0 aromatic heterocycles. The fraction of sp³-hybridized carbons (Fsp3) is 0.462. The fourth-order valence-corrected chi connectivity index (χ4v) is 1.79. The average molecular weight is 250 g/mol. The van der Waals surface area contributed by atoms with Gasteiger partial charge in [0.2, 0.25) is 0 Å². The first-order valence-corrected chi connectivity index (χ1v) is 6.20. The van der Waals surface area contributed by atoms with Gasteiger partial charge in [-0.1, -0.05) is 13.0 Å². The molecule has 0 atom stereocenters. The average Bonchev–Trinajstić information content (AvgIpc) is 2.43. The second-order valence-corrected chi connectivity index (χ2v) is 3.94. The molecule has 1 aromatic carbocycles. The van der Waals surface area contributed by atoms with E-state index in [0.29, 0.717) is 36.8 Å². The zero-order valence-electron chi connectivity index (χ0n) is 10.5. The molecule has 1 heterocycles. The van der Waals surface area contributed by atoms with E-state index in [0.717, 1.165) is 13.1 Å². The maximum atomic E-state index is 12.0. The van der Waals surface area contributed by atoms with E-state index in [-0.39, 0.29) is 5.91 Å². The van der Waals surface area contributed by atoms with Crippen molar-refractivity contribution in [3.05, 3.63) is 23.8 Å². The number of para-hydroxylation sites is 1. The Labute approximate surface area is 106 Å². The van der Waals surface area contributed by atoms with Crippen molar-refractivity contribution in [1.82, 2.24) is 10.6 Å². The Morgan fingerprint density at radius 1 is 1.28 bits per heavy atom. The normalized spacial score (nSPS) is 13.2. The van der Waals surface area contributed by atoms with Gasteiger partial charge in [0, 0.05) is 13.1 Å². The largest absolute Gasteiger partial charge is 0.486 e. The summed E-state index contributed by atoms with van der Waals surface area (Å²) >= 11 is 0. The van der Waals surface area contributed by atoms with Crippen LogP contribution in [0.15, 0.2) is 18.2 Å². The van der Waals surface area contributed by atoms with Gasteiger partial charge in [0.25, 0.3) is 5.91 Å². The van der Waals surface area contributed by atoms with E-state index < -0.39 is 0 Å². The SMILES string of the molecule is CCNCCNC(=O)c1cccc2c1OCCO2. The number of hydrogen-bond donors (Lipinski definition) is 2. The first-order chi connectivity index (χ1) is 8.83. The van der Waals surface area contributed by atoms with Crippen LogP contribution in [0.3, 0.4) is 0 Å². The van der Waals surface area contributed by atoms with E-state index in [1.165, 1.54) is 0 Å². The Morgan fingerprint density at radius 2 is 2.11 bits per heavy atom. The molecule has 0 saturated carbocycles. The van der Waals surface area contributed by atoms with Gasteiger partial charge in [-0.15, -0.1) is 0 Å². The first kappa shape index (κ1) is 12.7. The molecule has 0 spiro atoms. The Balaban J connectivity index is 2.01. The minimum atomic E-state index is -0.129. The molecule has 18 heavy (non-hydrogen) atoms. The molecule has 0 unspecified atom stereocenters. The Morgan fingerprint density at radius 3 is 2.94 bits per heavy atom. The van der Waals surface area contributed by atoms with Crippen LogP contribution in [0.2, 0.25) is 0 Å². The molecule has 5 heteroatoms. The van der Waals surface area contributed by atoms with Crippen LogP contribution in [0, 0.1) is 0 Å². The summed E-state index contributed by atoms with van der Waals surface area (Å²) in [6.07, 6.45) is 0. The zero-order chi connectivity index (χ0) is 12.8. The molecule has 2 rings (SSSR count). The van der Waals surface area contributed by atoms with Crippen molar-refractivity contribution in [2.75, 3.05) is 32.8 Å². The molecule has 98 valence electrons. The minimum Gasteiger partial charge on any atom is -0.486 e. The predicted molar refractivity (Wildman–Crippen MR) is 68.3 cm³/mol. The molecule has 0 bridgehead atoms. The number of carbonyl (C=O) groups is 1. The standard InChI is InChI=1S/C13H18N2O3/c1-2-14-6-7-15-13(16)10-4-3-5-11-12(10)18-9-8-17-11/h3-5,14H,2,6-9H2,1H3,(H,15,16). The molecule has 0 saturated heterocycles. The lowest BCUT2D eigenvalue weighted by molar-refractivity contribution is 0.0943. The molecule has 5 nitrogen and oxygen atoms in total. The van der Waals surface area contributed by atoms with Gasteiger partial charge in [0.05, 0.1) is 5.56 Å². The lowest BCUT2D eigenvalue weighted by atomic mass is 10.1. The van der Waals surface area contributed by atoms with Gasteiger partial charge in [-0.25, -0.2) is 0 Å². The lowest BCUT2D eigenvalue weighted by Crippen LogP contribution is -2.32. The summed E-state index contributed by atoms with van der Waals surface area (Å²) < 4.78 is 10.9. The number of fused-ring (bicyclic) bond motifs is 1. The topological polar surface area (TPSA) is 59.6 Å². The van der Waals surface area contributed by atoms with Crippen molar-refractivity contribution in [2.24, 2.45) is 0 Å². The molecule has 1 aliphatic rings. The van der Waals surface area contributed by atoms with Gasteiger partial charge in [0.15, 0.2) is 11.5 Å². The third-order valence-corrected chi connectivity index (χ3v) is 2.65. The highest BCUT2D eigenvalue weighted by molar-refractivity contribution is 5.97. The summed E-state index contributed by atoms with van der Waals surface area (Å²) in [5.41, 5.74) is 0.531. The van der Waals surface area contributed by atoms with Gasteiger partial charge in [-0.05, 0) is 18.7 Å². The van der Waals surface area contributed by atoms with E-state index >= 15 is 0 Å². The molecule has 1 aromatic rings. The number of rotatable bonds is 5. The molecule has 1 aliphatic heterocycles. The maximum absolute atomic E-state index is 12.0. The van der Waals surface area contributed by atoms with Crippen molar-refractivity contribution in [2.45, 2.75) is 6.92 Å². The fourth-order valence-electron chi connectivity index (χ4n) is 1.79. The predicted octanol–water partition coefficient (Wildman–Crippen LogP) is 0.797. The molecule has 2 N–H and O–H groups in total. The molecular formula is C13H18N2O3. The Kier molecular flexibility index (Phi) is 4.41. The van der Waals surface area contributed by atoms with E-state index in [9.17, 15) is 4.79 Å². The molecule has 0 aliphatic carbocycles. The van der Waals surface area contributed by atoms with E-state index in [2.05, 4.69) is 10.6 Å². The summed E-state index contributed by atoms with van der Waals surface area (Å²) in [6, 6.07) is 5.35. The van der Waals surface area contributed by atoms with Crippen molar-refractivity contribution in [3.63, 3.8) is 0 Å². The zero-order valence-corrected chi connectivity index (χ0v) is 10.5. The number of benzene rings is 1.